The van der Waals surface area contributed by atoms with Crippen molar-refractivity contribution in [3.8, 4) is 0 Å². The lowest BCUT2D eigenvalue weighted by atomic mass is 10.1. The van der Waals surface area contributed by atoms with Gasteiger partial charge >= 0.3 is 6.18 Å². The maximum Gasteiger partial charge on any atom is 0.416 e. The molecule has 3 rings (SSSR count). The molecule has 2 aromatic rings. The van der Waals surface area contributed by atoms with E-state index in [2.05, 4.69) is 5.32 Å². The predicted molar refractivity (Wildman–Crippen MR) is 96.6 cm³/mol. The van der Waals surface area contributed by atoms with Crippen LogP contribution in [0.3, 0.4) is 0 Å². The van der Waals surface area contributed by atoms with Gasteiger partial charge in [0.25, 0.3) is 5.91 Å². The van der Waals surface area contributed by atoms with E-state index in [1.165, 1.54) is 24.3 Å². The number of rotatable bonds is 3. The minimum absolute atomic E-state index is 0.00412. The second-order valence-electron chi connectivity index (χ2n) is 5.94. The average Bonchev–Trinajstić information content (AvgIpc) is 2.95. The molecule has 10 heteroatoms. The second kappa shape index (κ2) is 7.05. The van der Waals surface area contributed by atoms with Gasteiger partial charge in [0.2, 0.25) is 10.0 Å². The molecule has 27 heavy (non-hydrogen) atoms. The molecule has 0 spiro atoms. The van der Waals surface area contributed by atoms with Crippen LogP contribution in [-0.4, -0.2) is 26.6 Å². The molecule has 144 valence electrons. The Morgan fingerprint density at radius 1 is 1.15 bits per heavy atom. The van der Waals surface area contributed by atoms with Crippen LogP contribution in [0, 0.1) is 0 Å². The van der Waals surface area contributed by atoms with Crippen molar-refractivity contribution in [2.24, 2.45) is 0 Å². The number of halogens is 4. The molecule has 1 N–H and O–H groups in total. The summed E-state index contributed by atoms with van der Waals surface area (Å²) in [4.78, 5) is 12.3. The fourth-order valence-electron chi connectivity index (χ4n) is 2.73. The summed E-state index contributed by atoms with van der Waals surface area (Å²) in [5.41, 5.74) is -0.667. The second-order valence-corrected chi connectivity index (χ2v) is 8.36. The molecule has 1 aliphatic heterocycles. The number of nitrogens with zero attached hydrogens (tertiary/aromatic N) is 1. The first-order valence-corrected chi connectivity index (χ1v) is 9.85. The fraction of sp³-hybridized carbons (Fsp3) is 0.235. The van der Waals surface area contributed by atoms with Crippen LogP contribution < -0.4 is 9.62 Å². The Bertz CT molecular complexity index is 993. The van der Waals surface area contributed by atoms with Crippen molar-refractivity contribution in [1.82, 2.24) is 0 Å². The Balaban J connectivity index is 1.86. The minimum atomic E-state index is -4.56. The summed E-state index contributed by atoms with van der Waals surface area (Å²) in [6, 6.07) is 8.27. The number of benzene rings is 2. The molecule has 1 heterocycles. The molecule has 0 saturated carbocycles. The van der Waals surface area contributed by atoms with E-state index in [4.69, 9.17) is 11.6 Å². The van der Waals surface area contributed by atoms with Gasteiger partial charge in [-0.15, -0.1) is 0 Å². The number of hydrogen-bond acceptors (Lipinski definition) is 3. The zero-order valence-electron chi connectivity index (χ0n) is 13.8. The van der Waals surface area contributed by atoms with Gasteiger partial charge < -0.3 is 5.32 Å². The van der Waals surface area contributed by atoms with E-state index < -0.39 is 27.7 Å². The molecular formula is C17H14ClF3N2O3S. The first-order chi connectivity index (χ1) is 12.6. The topological polar surface area (TPSA) is 66.5 Å². The highest BCUT2D eigenvalue weighted by Gasteiger charge is 2.31. The van der Waals surface area contributed by atoms with Gasteiger partial charge in [0.15, 0.2) is 0 Å². The maximum absolute atomic E-state index is 12.8. The predicted octanol–water partition coefficient (Wildman–Crippen LogP) is 4.15. The molecule has 1 aliphatic rings. The van der Waals surface area contributed by atoms with Crippen LogP contribution in [-0.2, 0) is 16.2 Å². The fourth-order valence-corrected chi connectivity index (χ4v) is 4.57. The van der Waals surface area contributed by atoms with Crippen LogP contribution in [0.4, 0.5) is 24.5 Å². The third-order valence-electron chi connectivity index (χ3n) is 4.02. The van der Waals surface area contributed by atoms with E-state index in [9.17, 15) is 26.4 Å². The summed E-state index contributed by atoms with van der Waals surface area (Å²) in [7, 11) is -3.47. The van der Waals surface area contributed by atoms with E-state index in [0.717, 1.165) is 22.5 Å². The zero-order valence-corrected chi connectivity index (χ0v) is 15.3. The average molecular weight is 419 g/mol. The lowest BCUT2D eigenvalue weighted by Gasteiger charge is -2.19. The number of alkyl halides is 3. The van der Waals surface area contributed by atoms with E-state index in [-0.39, 0.29) is 34.3 Å². The molecule has 0 aromatic heterocycles. The Morgan fingerprint density at radius 2 is 1.89 bits per heavy atom. The van der Waals surface area contributed by atoms with Crippen LogP contribution in [0.1, 0.15) is 22.3 Å². The lowest BCUT2D eigenvalue weighted by molar-refractivity contribution is -0.137. The summed E-state index contributed by atoms with van der Waals surface area (Å²) in [6.07, 6.45) is -4.10. The van der Waals surface area contributed by atoms with Gasteiger partial charge in [-0.05, 0) is 42.8 Å². The highest BCUT2D eigenvalue weighted by molar-refractivity contribution is 7.93. The van der Waals surface area contributed by atoms with E-state index >= 15 is 0 Å². The molecule has 0 bridgehead atoms. The van der Waals surface area contributed by atoms with Crippen LogP contribution in [0.2, 0.25) is 5.02 Å². The third kappa shape index (κ3) is 4.19. The molecule has 0 radical (unpaired) electrons. The number of carbonyl (C=O) groups excluding carboxylic acids is 1. The number of sulfonamides is 1. The standard InChI is InChI=1S/C17H14ClF3N2O3S/c18-14-6-5-13(10-15(14)23-7-2-8-27(23,25)26)22-16(24)11-3-1-4-12(9-11)17(19,20)21/h1,3-6,9-10H,2,7-8H2,(H,22,24). The van der Waals surface area contributed by atoms with Gasteiger partial charge in [0.05, 0.1) is 22.0 Å². The summed E-state index contributed by atoms with van der Waals surface area (Å²) in [5, 5.41) is 2.66. The van der Waals surface area contributed by atoms with Gasteiger partial charge in [-0.25, -0.2) is 8.42 Å². The van der Waals surface area contributed by atoms with Crippen molar-refractivity contribution in [2.75, 3.05) is 21.9 Å². The zero-order chi connectivity index (χ0) is 19.8. The molecule has 0 aliphatic carbocycles. The highest BCUT2D eigenvalue weighted by Crippen LogP contribution is 2.34. The normalized spacial score (nSPS) is 16.4. The van der Waals surface area contributed by atoms with Crippen LogP contribution >= 0.6 is 11.6 Å². The molecule has 0 unspecified atom stereocenters. The van der Waals surface area contributed by atoms with Crippen molar-refractivity contribution >= 4 is 38.9 Å². The van der Waals surface area contributed by atoms with E-state index in [0.29, 0.717) is 6.42 Å². The number of carbonyl (C=O) groups is 1. The van der Waals surface area contributed by atoms with Crippen molar-refractivity contribution in [1.29, 1.82) is 0 Å². The molecule has 5 nitrogen and oxygen atoms in total. The maximum atomic E-state index is 12.8. The smallest absolute Gasteiger partial charge is 0.322 e. The van der Waals surface area contributed by atoms with Crippen molar-refractivity contribution in [3.05, 3.63) is 58.6 Å². The Labute approximate surface area is 158 Å². The summed E-state index contributed by atoms with van der Waals surface area (Å²) < 4.78 is 63.7. The molecule has 1 fully saturated rings. The Morgan fingerprint density at radius 3 is 2.52 bits per heavy atom. The van der Waals surface area contributed by atoms with Gasteiger partial charge in [0, 0.05) is 17.8 Å². The minimum Gasteiger partial charge on any atom is -0.322 e. The largest absolute Gasteiger partial charge is 0.416 e. The van der Waals surface area contributed by atoms with E-state index in [1.807, 2.05) is 0 Å². The van der Waals surface area contributed by atoms with Crippen molar-refractivity contribution in [3.63, 3.8) is 0 Å². The number of amides is 1. The SMILES string of the molecule is O=C(Nc1ccc(Cl)c(N2CCCS2(=O)=O)c1)c1cccc(C(F)(F)F)c1. The van der Waals surface area contributed by atoms with Gasteiger partial charge in [0.1, 0.15) is 0 Å². The number of hydrogen-bond donors (Lipinski definition) is 1. The van der Waals surface area contributed by atoms with Gasteiger partial charge in [-0.2, -0.15) is 13.2 Å². The van der Waals surface area contributed by atoms with Gasteiger partial charge in [-0.1, -0.05) is 17.7 Å². The Hall–Kier alpha value is -2.26. The molecule has 1 saturated heterocycles. The molecule has 0 atom stereocenters. The summed E-state index contributed by atoms with van der Waals surface area (Å²) in [6.45, 7) is 0.271. The first kappa shape index (κ1) is 19.5. The Kier molecular flexibility index (Phi) is 5.09. The highest BCUT2D eigenvalue weighted by atomic mass is 35.5. The van der Waals surface area contributed by atoms with Gasteiger partial charge in [-0.3, -0.25) is 9.10 Å². The molecular weight excluding hydrogens is 405 g/mol. The summed E-state index contributed by atoms with van der Waals surface area (Å²) in [5.74, 6) is -0.747. The number of nitrogens with one attached hydrogen (secondary N) is 1. The molecule has 1 amide bonds. The number of anilines is 2. The van der Waals surface area contributed by atoms with Crippen LogP contribution in [0.25, 0.3) is 0 Å². The molecule has 2 aromatic carbocycles. The first-order valence-electron chi connectivity index (χ1n) is 7.86. The monoisotopic (exact) mass is 418 g/mol. The van der Waals surface area contributed by atoms with Crippen LogP contribution in [0.15, 0.2) is 42.5 Å². The van der Waals surface area contributed by atoms with Crippen LogP contribution in [0.5, 0.6) is 0 Å². The lowest BCUT2D eigenvalue weighted by Crippen LogP contribution is -2.25. The van der Waals surface area contributed by atoms with Crippen molar-refractivity contribution in [2.45, 2.75) is 12.6 Å². The summed E-state index contributed by atoms with van der Waals surface area (Å²) >= 11 is 6.08. The van der Waals surface area contributed by atoms with E-state index in [1.54, 1.807) is 0 Å². The quantitative estimate of drug-likeness (QED) is 0.814. The third-order valence-corrected chi connectivity index (χ3v) is 6.20. The van der Waals surface area contributed by atoms with Crippen molar-refractivity contribution < 1.29 is 26.4 Å².